The van der Waals surface area contributed by atoms with Gasteiger partial charge in [0.15, 0.2) is 0 Å². The summed E-state index contributed by atoms with van der Waals surface area (Å²) in [6.07, 6.45) is 1.44. The summed E-state index contributed by atoms with van der Waals surface area (Å²) >= 11 is 11.9. The van der Waals surface area contributed by atoms with Crippen LogP contribution in [0.3, 0.4) is 0 Å². The van der Waals surface area contributed by atoms with E-state index in [9.17, 15) is 9.59 Å². The fourth-order valence-electron chi connectivity index (χ4n) is 2.53. The molecule has 0 atom stereocenters. The number of hydrogen-bond acceptors (Lipinski definition) is 3. The molecule has 3 aromatic rings. The number of hydrazone groups is 1. The minimum absolute atomic E-state index is 0.213. The van der Waals surface area contributed by atoms with Crippen LogP contribution in [0.4, 0.5) is 5.69 Å². The number of aryl methyl sites for hydroxylation is 1. The smallest absolute Gasteiger partial charge is 0.271 e. The van der Waals surface area contributed by atoms with E-state index in [0.717, 1.165) is 5.56 Å². The molecule has 0 saturated heterocycles. The molecule has 0 saturated carbocycles. The maximum Gasteiger partial charge on any atom is 0.271 e. The molecular formula is C22H17Cl2N3O2. The predicted molar refractivity (Wildman–Crippen MR) is 117 cm³/mol. The highest BCUT2D eigenvalue weighted by atomic mass is 35.5. The zero-order valence-corrected chi connectivity index (χ0v) is 17.0. The Kier molecular flexibility index (Phi) is 6.65. The lowest BCUT2D eigenvalue weighted by Gasteiger charge is -2.07. The van der Waals surface area contributed by atoms with Crippen molar-refractivity contribution in [3.05, 3.63) is 99.0 Å². The van der Waals surface area contributed by atoms with Crippen molar-refractivity contribution < 1.29 is 9.59 Å². The van der Waals surface area contributed by atoms with E-state index in [1.54, 1.807) is 48.5 Å². The van der Waals surface area contributed by atoms with Gasteiger partial charge in [0, 0.05) is 27.4 Å². The molecule has 7 heteroatoms. The Bertz CT molecular complexity index is 1080. The number of nitrogens with zero attached hydrogens (tertiary/aromatic N) is 1. The van der Waals surface area contributed by atoms with E-state index in [1.807, 2.05) is 25.1 Å². The Hall–Kier alpha value is -3.15. The molecule has 29 heavy (non-hydrogen) atoms. The van der Waals surface area contributed by atoms with Crippen LogP contribution >= 0.6 is 23.2 Å². The molecule has 0 spiro atoms. The number of rotatable bonds is 5. The second-order valence-corrected chi connectivity index (χ2v) is 7.11. The third kappa shape index (κ3) is 5.67. The number of carbonyl (C=O) groups excluding carboxylic acids is 2. The third-order valence-electron chi connectivity index (χ3n) is 4.02. The van der Waals surface area contributed by atoms with Crippen molar-refractivity contribution in [2.24, 2.45) is 5.10 Å². The number of amides is 2. The molecule has 146 valence electrons. The van der Waals surface area contributed by atoms with Crippen LogP contribution in [0.5, 0.6) is 0 Å². The van der Waals surface area contributed by atoms with E-state index in [-0.39, 0.29) is 11.8 Å². The maximum atomic E-state index is 12.3. The van der Waals surface area contributed by atoms with E-state index in [4.69, 9.17) is 23.2 Å². The molecule has 0 aliphatic rings. The largest absolute Gasteiger partial charge is 0.322 e. The SMILES string of the molecule is Cc1cccc(C(=O)Nc2ccc(C(=O)N/N=C/c3ccc(Cl)cc3Cl)cc2)c1. The minimum Gasteiger partial charge on any atom is -0.322 e. The first kappa shape index (κ1) is 20.6. The lowest BCUT2D eigenvalue weighted by Crippen LogP contribution is -2.18. The molecule has 3 rings (SSSR count). The first-order valence-electron chi connectivity index (χ1n) is 8.69. The van der Waals surface area contributed by atoms with Crippen LogP contribution in [0, 0.1) is 6.92 Å². The molecule has 3 aromatic carbocycles. The van der Waals surface area contributed by atoms with Crippen LogP contribution in [0.25, 0.3) is 0 Å². The average molecular weight is 426 g/mol. The van der Waals surface area contributed by atoms with Gasteiger partial charge in [0.25, 0.3) is 11.8 Å². The first-order valence-corrected chi connectivity index (χ1v) is 9.44. The zero-order valence-electron chi connectivity index (χ0n) is 15.4. The summed E-state index contributed by atoms with van der Waals surface area (Å²) in [6, 6.07) is 18.8. The Balaban J connectivity index is 1.59. The van der Waals surface area contributed by atoms with Crippen molar-refractivity contribution in [2.45, 2.75) is 6.92 Å². The summed E-state index contributed by atoms with van der Waals surface area (Å²) < 4.78 is 0. The van der Waals surface area contributed by atoms with Crippen LogP contribution < -0.4 is 10.7 Å². The van der Waals surface area contributed by atoms with Gasteiger partial charge in [0.1, 0.15) is 0 Å². The van der Waals surface area contributed by atoms with Gasteiger partial charge in [-0.3, -0.25) is 9.59 Å². The van der Waals surface area contributed by atoms with Gasteiger partial charge in [0.2, 0.25) is 0 Å². The van der Waals surface area contributed by atoms with E-state index in [0.29, 0.717) is 32.4 Å². The van der Waals surface area contributed by atoms with E-state index >= 15 is 0 Å². The lowest BCUT2D eigenvalue weighted by molar-refractivity contribution is 0.0954. The normalized spacial score (nSPS) is 10.7. The highest BCUT2D eigenvalue weighted by molar-refractivity contribution is 6.36. The van der Waals surface area contributed by atoms with Crippen molar-refractivity contribution in [3.8, 4) is 0 Å². The number of nitrogens with one attached hydrogen (secondary N) is 2. The summed E-state index contributed by atoms with van der Waals surface area (Å²) in [6.45, 7) is 1.92. The van der Waals surface area contributed by atoms with Crippen molar-refractivity contribution in [1.82, 2.24) is 5.43 Å². The van der Waals surface area contributed by atoms with Gasteiger partial charge < -0.3 is 5.32 Å². The van der Waals surface area contributed by atoms with Crippen LogP contribution in [-0.4, -0.2) is 18.0 Å². The molecule has 0 heterocycles. The Morgan fingerprint density at radius 3 is 2.34 bits per heavy atom. The fraction of sp³-hybridized carbons (Fsp3) is 0.0455. The van der Waals surface area contributed by atoms with Crippen molar-refractivity contribution in [2.75, 3.05) is 5.32 Å². The Morgan fingerprint density at radius 2 is 1.66 bits per heavy atom. The number of halogens is 2. The molecule has 2 amide bonds. The molecule has 0 bridgehead atoms. The second-order valence-electron chi connectivity index (χ2n) is 6.27. The highest BCUT2D eigenvalue weighted by Crippen LogP contribution is 2.19. The predicted octanol–water partition coefficient (Wildman–Crippen LogP) is 5.32. The molecule has 0 fully saturated rings. The number of anilines is 1. The van der Waals surface area contributed by atoms with Crippen molar-refractivity contribution in [1.29, 1.82) is 0 Å². The lowest BCUT2D eigenvalue weighted by atomic mass is 10.1. The molecule has 0 aliphatic carbocycles. The van der Waals surface area contributed by atoms with Crippen molar-refractivity contribution >= 4 is 46.9 Å². The molecule has 0 aliphatic heterocycles. The molecule has 0 radical (unpaired) electrons. The van der Waals surface area contributed by atoms with Gasteiger partial charge in [-0.15, -0.1) is 0 Å². The van der Waals surface area contributed by atoms with Gasteiger partial charge in [-0.1, -0.05) is 47.0 Å². The quantitative estimate of drug-likeness (QED) is 0.428. The van der Waals surface area contributed by atoms with Gasteiger partial charge in [0.05, 0.1) is 11.2 Å². The van der Waals surface area contributed by atoms with Crippen LogP contribution in [0.1, 0.15) is 31.8 Å². The van der Waals surface area contributed by atoms with Gasteiger partial charge in [-0.2, -0.15) is 5.10 Å². The summed E-state index contributed by atoms with van der Waals surface area (Å²) in [4.78, 5) is 24.5. The van der Waals surface area contributed by atoms with E-state index in [2.05, 4.69) is 15.8 Å². The monoisotopic (exact) mass is 425 g/mol. The van der Waals surface area contributed by atoms with Gasteiger partial charge in [-0.25, -0.2) is 5.43 Å². The molecule has 0 unspecified atom stereocenters. The van der Waals surface area contributed by atoms with Crippen molar-refractivity contribution in [3.63, 3.8) is 0 Å². The number of hydrogen-bond donors (Lipinski definition) is 2. The molecule has 0 aromatic heterocycles. The van der Waals surface area contributed by atoms with E-state index < -0.39 is 0 Å². The van der Waals surface area contributed by atoms with Crippen LogP contribution in [-0.2, 0) is 0 Å². The molecule has 2 N–H and O–H groups in total. The summed E-state index contributed by atoms with van der Waals surface area (Å²) in [5.74, 6) is -0.599. The van der Waals surface area contributed by atoms with Gasteiger partial charge >= 0.3 is 0 Å². The highest BCUT2D eigenvalue weighted by Gasteiger charge is 2.08. The van der Waals surface area contributed by atoms with E-state index in [1.165, 1.54) is 6.21 Å². The fourth-order valence-corrected chi connectivity index (χ4v) is 2.98. The second kappa shape index (κ2) is 9.37. The Morgan fingerprint density at radius 1 is 0.897 bits per heavy atom. The minimum atomic E-state index is -0.386. The first-order chi connectivity index (χ1) is 13.9. The zero-order chi connectivity index (χ0) is 20.8. The number of carbonyl (C=O) groups is 2. The maximum absolute atomic E-state index is 12.3. The summed E-state index contributed by atoms with van der Waals surface area (Å²) in [7, 11) is 0. The summed E-state index contributed by atoms with van der Waals surface area (Å²) in [5.41, 5.74) is 5.63. The summed E-state index contributed by atoms with van der Waals surface area (Å²) in [5, 5.41) is 7.66. The average Bonchev–Trinajstić information content (AvgIpc) is 2.70. The molecule has 5 nitrogen and oxygen atoms in total. The molecular weight excluding hydrogens is 409 g/mol. The third-order valence-corrected chi connectivity index (χ3v) is 4.58. The standard InChI is InChI=1S/C22H17Cl2N3O2/c1-14-3-2-4-16(11-14)21(28)26-19-9-6-15(7-10-19)22(29)27-25-13-17-5-8-18(23)12-20(17)24/h2-13H,1H3,(H,26,28)(H,27,29)/b25-13+. The van der Waals surface area contributed by atoms with Gasteiger partial charge in [-0.05, 0) is 55.5 Å². The van der Waals surface area contributed by atoms with Crippen LogP contribution in [0.15, 0.2) is 71.8 Å². The van der Waals surface area contributed by atoms with Crippen LogP contribution in [0.2, 0.25) is 10.0 Å². The Labute approximate surface area is 178 Å². The topological polar surface area (TPSA) is 70.6 Å². The number of benzene rings is 3.